The summed E-state index contributed by atoms with van der Waals surface area (Å²) >= 11 is 0. The Morgan fingerprint density at radius 3 is 2.54 bits per heavy atom. The molecule has 0 saturated carbocycles. The Hall–Kier alpha value is -2.20. The Labute approximate surface area is 144 Å². The maximum Gasteiger partial charge on any atom is 0.142 e. The summed E-state index contributed by atoms with van der Waals surface area (Å²) < 4.78 is 6.12. The molecule has 0 bridgehead atoms. The summed E-state index contributed by atoms with van der Waals surface area (Å²) in [5.41, 5.74) is 3.76. The normalized spacial score (nSPS) is 20.9. The molecular formula is C20H25N3O. The lowest BCUT2D eigenvalue weighted by Gasteiger charge is -2.34. The highest BCUT2D eigenvalue weighted by Crippen LogP contribution is 2.29. The molecule has 1 atom stereocenters. The molecule has 1 fully saturated rings. The van der Waals surface area contributed by atoms with Gasteiger partial charge in [0.1, 0.15) is 11.9 Å². The lowest BCUT2D eigenvalue weighted by atomic mass is 10.1. The molecule has 0 aliphatic carbocycles. The van der Waals surface area contributed by atoms with Gasteiger partial charge in [-0.2, -0.15) is 0 Å². The van der Waals surface area contributed by atoms with Gasteiger partial charge in [-0.15, -0.1) is 0 Å². The summed E-state index contributed by atoms with van der Waals surface area (Å²) in [6.07, 6.45) is 1.12. The van der Waals surface area contributed by atoms with E-state index in [1.54, 1.807) is 0 Å². The first kappa shape index (κ1) is 15.3. The maximum atomic E-state index is 6.12. The van der Waals surface area contributed by atoms with Crippen LogP contribution in [0.5, 0.6) is 5.75 Å². The number of benzene rings is 2. The highest BCUT2D eigenvalue weighted by molar-refractivity contribution is 5.57. The van der Waals surface area contributed by atoms with Gasteiger partial charge in [-0.25, -0.2) is 0 Å². The Morgan fingerprint density at radius 1 is 1.00 bits per heavy atom. The van der Waals surface area contributed by atoms with Crippen LogP contribution in [0.15, 0.2) is 48.5 Å². The molecule has 4 heteroatoms. The Balaban J connectivity index is 1.38. The molecule has 0 spiro atoms. The summed E-state index contributed by atoms with van der Waals surface area (Å²) in [6.45, 7) is 5.37. The quantitative estimate of drug-likeness (QED) is 0.940. The van der Waals surface area contributed by atoms with Gasteiger partial charge in [0.2, 0.25) is 0 Å². The number of fused-ring (bicyclic) bond motifs is 1. The Morgan fingerprint density at radius 2 is 1.75 bits per heavy atom. The maximum absolute atomic E-state index is 6.12. The second-order valence-corrected chi connectivity index (χ2v) is 6.78. The molecule has 2 heterocycles. The molecule has 4 rings (SSSR count). The average molecular weight is 323 g/mol. The average Bonchev–Trinajstić information content (AvgIpc) is 2.63. The number of para-hydroxylation sites is 2. The Bertz CT molecular complexity index is 678. The largest absolute Gasteiger partial charge is 0.486 e. The number of rotatable bonds is 3. The van der Waals surface area contributed by atoms with Gasteiger partial charge >= 0.3 is 0 Å². The van der Waals surface area contributed by atoms with E-state index in [0.29, 0.717) is 0 Å². The SMILES string of the molecule is CN1CCN(c2ccc(CC3CNc4ccccc4O3)cc2)CC1. The minimum atomic E-state index is 0.189. The van der Waals surface area contributed by atoms with Crippen molar-refractivity contribution in [2.24, 2.45) is 0 Å². The lowest BCUT2D eigenvalue weighted by molar-refractivity contribution is 0.206. The molecule has 126 valence electrons. The minimum Gasteiger partial charge on any atom is -0.486 e. The zero-order chi connectivity index (χ0) is 16.4. The smallest absolute Gasteiger partial charge is 0.142 e. The fourth-order valence-corrected chi connectivity index (χ4v) is 3.44. The molecule has 1 unspecified atom stereocenters. The third-order valence-corrected chi connectivity index (χ3v) is 4.97. The van der Waals surface area contributed by atoms with Crippen molar-refractivity contribution in [1.82, 2.24) is 4.90 Å². The van der Waals surface area contributed by atoms with E-state index >= 15 is 0 Å². The van der Waals surface area contributed by atoms with Gasteiger partial charge < -0.3 is 19.9 Å². The van der Waals surface area contributed by atoms with E-state index in [2.05, 4.69) is 52.5 Å². The predicted octanol–water partition coefficient (Wildman–Crippen LogP) is 2.85. The van der Waals surface area contributed by atoms with E-state index in [0.717, 1.165) is 50.6 Å². The van der Waals surface area contributed by atoms with E-state index in [9.17, 15) is 0 Å². The number of anilines is 2. The highest BCUT2D eigenvalue weighted by Gasteiger charge is 2.19. The first-order chi connectivity index (χ1) is 11.8. The number of nitrogens with one attached hydrogen (secondary N) is 1. The number of hydrogen-bond acceptors (Lipinski definition) is 4. The van der Waals surface area contributed by atoms with Crippen molar-refractivity contribution >= 4 is 11.4 Å². The third-order valence-electron chi connectivity index (χ3n) is 4.97. The van der Waals surface area contributed by atoms with E-state index in [1.165, 1.54) is 11.3 Å². The molecule has 0 aromatic heterocycles. The summed E-state index contributed by atoms with van der Waals surface area (Å²) in [6, 6.07) is 17.2. The van der Waals surface area contributed by atoms with Crippen LogP contribution in [-0.2, 0) is 6.42 Å². The van der Waals surface area contributed by atoms with Gasteiger partial charge in [-0.1, -0.05) is 24.3 Å². The van der Waals surface area contributed by atoms with Crippen molar-refractivity contribution in [1.29, 1.82) is 0 Å². The molecule has 2 aliphatic rings. The summed E-state index contributed by atoms with van der Waals surface area (Å²) in [5.74, 6) is 0.961. The molecule has 2 aliphatic heterocycles. The minimum absolute atomic E-state index is 0.189. The molecule has 1 saturated heterocycles. The number of ether oxygens (including phenoxy) is 1. The number of likely N-dealkylation sites (N-methyl/N-ethyl adjacent to an activating group) is 1. The fourth-order valence-electron chi connectivity index (χ4n) is 3.44. The highest BCUT2D eigenvalue weighted by atomic mass is 16.5. The van der Waals surface area contributed by atoms with Crippen LogP contribution in [0.25, 0.3) is 0 Å². The molecule has 2 aromatic rings. The van der Waals surface area contributed by atoms with Gasteiger partial charge in [0, 0.05) is 38.3 Å². The molecule has 2 aromatic carbocycles. The van der Waals surface area contributed by atoms with Crippen molar-refractivity contribution in [2.75, 3.05) is 50.0 Å². The van der Waals surface area contributed by atoms with Gasteiger partial charge in [-0.3, -0.25) is 0 Å². The standard InChI is InChI=1S/C20H25N3O/c1-22-10-12-23(13-11-22)17-8-6-16(7-9-17)14-18-15-21-19-4-2-3-5-20(19)24-18/h2-9,18,21H,10-15H2,1H3. The zero-order valence-corrected chi connectivity index (χ0v) is 14.2. The zero-order valence-electron chi connectivity index (χ0n) is 14.2. The van der Waals surface area contributed by atoms with Crippen molar-refractivity contribution in [2.45, 2.75) is 12.5 Å². The molecule has 4 nitrogen and oxygen atoms in total. The van der Waals surface area contributed by atoms with Crippen molar-refractivity contribution in [3.05, 3.63) is 54.1 Å². The van der Waals surface area contributed by atoms with E-state index in [4.69, 9.17) is 4.74 Å². The topological polar surface area (TPSA) is 27.7 Å². The van der Waals surface area contributed by atoms with E-state index < -0.39 is 0 Å². The summed E-state index contributed by atoms with van der Waals surface area (Å²) in [7, 11) is 2.19. The van der Waals surface area contributed by atoms with E-state index in [1.807, 2.05) is 18.2 Å². The number of piperazine rings is 1. The molecule has 0 amide bonds. The fraction of sp³-hybridized carbons (Fsp3) is 0.400. The van der Waals surface area contributed by atoms with Crippen LogP contribution in [0.4, 0.5) is 11.4 Å². The monoisotopic (exact) mass is 323 g/mol. The van der Waals surface area contributed by atoms with Crippen LogP contribution >= 0.6 is 0 Å². The number of hydrogen-bond donors (Lipinski definition) is 1. The third kappa shape index (κ3) is 3.34. The van der Waals surface area contributed by atoms with Crippen molar-refractivity contribution < 1.29 is 4.74 Å². The first-order valence-corrected chi connectivity index (χ1v) is 8.80. The molecule has 24 heavy (non-hydrogen) atoms. The predicted molar refractivity (Wildman–Crippen MR) is 99.2 cm³/mol. The van der Waals surface area contributed by atoms with E-state index in [-0.39, 0.29) is 6.10 Å². The lowest BCUT2D eigenvalue weighted by Crippen LogP contribution is -2.44. The Kier molecular flexibility index (Phi) is 4.30. The van der Waals surface area contributed by atoms with Gasteiger partial charge in [0.05, 0.1) is 12.2 Å². The van der Waals surface area contributed by atoms with Crippen molar-refractivity contribution in [3.8, 4) is 5.75 Å². The van der Waals surface area contributed by atoms with Crippen LogP contribution in [0, 0.1) is 0 Å². The number of nitrogens with zero attached hydrogens (tertiary/aromatic N) is 2. The van der Waals surface area contributed by atoms with Crippen LogP contribution in [0.3, 0.4) is 0 Å². The molecular weight excluding hydrogens is 298 g/mol. The molecule has 1 N–H and O–H groups in total. The van der Waals surface area contributed by atoms with Crippen LogP contribution < -0.4 is 15.0 Å². The van der Waals surface area contributed by atoms with Crippen LogP contribution in [0.2, 0.25) is 0 Å². The van der Waals surface area contributed by atoms with Gasteiger partial charge in [0.25, 0.3) is 0 Å². The van der Waals surface area contributed by atoms with Crippen LogP contribution in [0.1, 0.15) is 5.56 Å². The first-order valence-electron chi connectivity index (χ1n) is 8.80. The summed E-state index contributed by atoms with van der Waals surface area (Å²) in [5, 5.41) is 3.46. The second kappa shape index (κ2) is 6.73. The van der Waals surface area contributed by atoms with Gasteiger partial charge in [-0.05, 0) is 36.9 Å². The van der Waals surface area contributed by atoms with Crippen LogP contribution in [-0.4, -0.2) is 50.8 Å². The second-order valence-electron chi connectivity index (χ2n) is 6.78. The van der Waals surface area contributed by atoms with Gasteiger partial charge in [0.15, 0.2) is 0 Å². The van der Waals surface area contributed by atoms with Crippen molar-refractivity contribution in [3.63, 3.8) is 0 Å². The molecule has 0 radical (unpaired) electrons. The summed E-state index contributed by atoms with van der Waals surface area (Å²) in [4.78, 5) is 4.86.